The van der Waals surface area contributed by atoms with Gasteiger partial charge in [0, 0.05) is 32.1 Å². The van der Waals surface area contributed by atoms with Crippen LogP contribution in [-0.4, -0.2) is 35.5 Å². The van der Waals surface area contributed by atoms with Gasteiger partial charge in [0.2, 0.25) is 5.91 Å². The molecule has 1 amide bonds. The standard InChI is InChI=1S/C10H13ClN4O/c1-7-13-8(11)6-9(14-7)15-4-2-10(16)12-3-5-15/h6H,2-5H2,1H3,(H,12,16). The van der Waals surface area contributed by atoms with Gasteiger partial charge >= 0.3 is 0 Å². The third-order valence-corrected chi connectivity index (χ3v) is 2.62. The maximum absolute atomic E-state index is 11.2. The van der Waals surface area contributed by atoms with Crippen LogP contribution in [0.2, 0.25) is 5.15 Å². The zero-order valence-corrected chi connectivity index (χ0v) is 9.79. The number of nitrogens with zero attached hydrogens (tertiary/aromatic N) is 3. The molecule has 2 rings (SSSR count). The highest BCUT2D eigenvalue weighted by molar-refractivity contribution is 6.29. The Morgan fingerprint density at radius 3 is 3.00 bits per heavy atom. The Morgan fingerprint density at radius 2 is 2.25 bits per heavy atom. The van der Waals surface area contributed by atoms with Crippen molar-refractivity contribution in [3.63, 3.8) is 0 Å². The fourth-order valence-electron chi connectivity index (χ4n) is 1.67. The van der Waals surface area contributed by atoms with Crippen LogP contribution in [0.25, 0.3) is 0 Å². The first-order chi connectivity index (χ1) is 7.65. The number of aryl methyl sites for hydroxylation is 1. The van der Waals surface area contributed by atoms with E-state index in [0.717, 1.165) is 12.4 Å². The number of rotatable bonds is 1. The van der Waals surface area contributed by atoms with Gasteiger partial charge in [-0.15, -0.1) is 0 Å². The minimum atomic E-state index is 0.0828. The van der Waals surface area contributed by atoms with Crippen LogP contribution in [0.3, 0.4) is 0 Å². The normalized spacial score (nSPS) is 16.9. The lowest BCUT2D eigenvalue weighted by Crippen LogP contribution is -2.29. The number of hydrogen-bond acceptors (Lipinski definition) is 4. The summed E-state index contributed by atoms with van der Waals surface area (Å²) in [4.78, 5) is 21.6. The van der Waals surface area contributed by atoms with Crippen molar-refractivity contribution in [3.8, 4) is 0 Å². The Bertz CT molecular complexity index is 390. The Morgan fingerprint density at radius 1 is 1.44 bits per heavy atom. The third kappa shape index (κ3) is 2.61. The molecule has 1 aromatic rings. The molecule has 0 unspecified atom stereocenters. The zero-order valence-electron chi connectivity index (χ0n) is 9.03. The highest BCUT2D eigenvalue weighted by Crippen LogP contribution is 2.16. The summed E-state index contributed by atoms with van der Waals surface area (Å²) < 4.78 is 0. The summed E-state index contributed by atoms with van der Waals surface area (Å²) >= 11 is 5.88. The van der Waals surface area contributed by atoms with Crippen molar-refractivity contribution in [2.45, 2.75) is 13.3 Å². The molecule has 1 saturated heterocycles. The molecule has 0 radical (unpaired) electrons. The molecule has 1 aromatic heterocycles. The van der Waals surface area contributed by atoms with Crippen LogP contribution in [0.5, 0.6) is 0 Å². The Kier molecular flexibility index (Phi) is 3.24. The molecule has 1 N–H and O–H groups in total. The molecule has 0 aliphatic carbocycles. The van der Waals surface area contributed by atoms with Gasteiger partial charge in [-0.25, -0.2) is 9.97 Å². The second-order valence-electron chi connectivity index (χ2n) is 3.68. The molecule has 0 bridgehead atoms. The van der Waals surface area contributed by atoms with Crippen molar-refractivity contribution in [1.29, 1.82) is 0 Å². The first-order valence-electron chi connectivity index (χ1n) is 5.18. The Labute approximate surface area is 98.8 Å². The molecule has 5 nitrogen and oxygen atoms in total. The van der Waals surface area contributed by atoms with E-state index in [1.54, 1.807) is 13.0 Å². The number of amides is 1. The fourth-order valence-corrected chi connectivity index (χ4v) is 1.89. The average molecular weight is 241 g/mol. The molecule has 0 atom stereocenters. The number of nitrogens with one attached hydrogen (secondary N) is 1. The predicted molar refractivity (Wildman–Crippen MR) is 61.6 cm³/mol. The minimum absolute atomic E-state index is 0.0828. The highest BCUT2D eigenvalue weighted by atomic mass is 35.5. The van der Waals surface area contributed by atoms with Crippen molar-refractivity contribution in [1.82, 2.24) is 15.3 Å². The summed E-state index contributed by atoms with van der Waals surface area (Å²) in [6.07, 6.45) is 0.487. The molecule has 0 saturated carbocycles. The third-order valence-electron chi connectivity index (χ3n) is 2.43. The molecule has 86 valence electrons. The largest absolute Gasteiger partial charge is 0.354 e. The summed E-state index contributed by atoms with van der Waals surface area (Å²) in [6, 6.07) is 1.73. The number of carbonyl (C=O) groups is 1. The first-order valence-corrected chi connectivity index (χ1v) is 5.56. The second kappa shape index (κ2) is 4.65. The molecule has 2 heterocycles. The van der Waals surface area contributed by atoms with Crippen molar-refractivity contribution in [2.75, 3.05) is 24.5 Å². The summed E-state index contributed by atoms with van der Waals surface area (Å²) in [5, 5.41) is 3.25. The van der Waals surface area contributed by atoms with Crippen LogP contribution in [0, 0.1) is 6.92 Å². The van der Waals surface area contributed by atoms with Gasteiger partial charge in [-0.1, -0.05) is 11.6 Å². The van der Waals surface area contributed by atoms with E-state index in [4.69, 9.17) is 11.6 Å². The van der Waals surface area contributed by atoms with Crippen molar-refractivity contribution in [3.05, 3.63) is 17.0 Å². The number of carbonyl (C=O) groups excluding carboxylic acids is 1. The Hall–Kier alpha value is -1.36. The molecule has 1 aliphatic rings. The summed E-state index contributed by atoms with van der Waals surface area (Å²) in [6.45, 7) is 3.85. The Balaban J connectivity index is 2.19. The van der Waals surface area contributed by atoms with Gasteiger partial charge in [0.15, 0.2) is 0 Å². The monoisotopic (exact) mass is 240 g/mol. The van der Waals surface area contributed by atoms with Gasteiger partial charge in [0.05, 0.1) is 0 Å². The topological polar surface area (TPSA) is 58.1 Å². The van der Waals surface area contributed by atoms with Crippen LogP contribution in [0.4, 0.5) is 5.82 Å². The van der Waals surface area contributed by atoms with Gasteiger partial charge in [0.1, 0.15) is 16.8 Å². The molecule has 0 aromatic carbocycles. The fraction of sp³-hybridized carbons (Fsp3) is 0.500. The van der Waals surface area contributed by atoms with Gasteiger partial charge < -0.3 is 10.2 Å². The first kappa shape index (κ1) is 11.1. The molecule has 16 heavy (non-hydrogen) atoms. The molecule has 0 spiro atoms. The SMILES string of the molecule is Cc1nc(Cl)cc(N2CCNC(=O)CC2)n1. The summed E-state index contributed by atoms with van der Waals surface area (Å²) in [5.74, 6) is 1.51. The number of halogens is 1. The van der Waals surface area contributed by atoms with E-state index in [0.29, 0.717) is 30.5 Å². The molecule has 6 heteroatoms. The van der Waals surface area contributed by atoms with E-state index in [1.165, 1.54) is 0 Å². The predicted octanol–water partition coefficient (Wildman–Crippen LogP) is 0.765. The van der Waals surface area contributed by atoms with Crippen LogP contribution < -0.4 is 10.2 Å². The average Bonchev–Trinajstić information content (AvgIpc) is 2.41. The summed E-state index contributed by atoms with van der Waals surface area (Å²) in [5.41, 5.74) is 0. The number of hydrogen-bond donors (Lipinski definition) is 1. The van der Waals surface area contributed by atoms with Crippen molar-refractivity contribution >= 4 is 23.3 Å². The maximum atomic E-state index is 11.2. The van der Waals surface area contributed by atoms with Gasteiger partial charge in [-0.3, -0.25) is 4.79 Å². The molecular weight excluding hydrogens is 228 g/mol. The maximum Gasteiger partial charge on any atom is 0.221 e. The van der Waals surface area contributed by atoms with Crippen LogP contribution in [-0.2, 0) is 4.79 Å². The molecule has 1 fully saturated rings. The minimum Gasteiger partial charge on any atom is -0.354 e. The van der Waals surface area contributed by atoms with Crippen LogP contribution in [0.1, 0.15) is 12.2 Å². The highest BCUT2D eigenvalue weighted by Gasteiger charge is 2.15. The molecular formula is C10H13ClN4O. The second-order valence-corrected chi connectivity index (χ2v) is 4.07. The van der Waals surface area contributed by atoms with Gasteiger partial charge in [0.25, 0.3) is 0 Å². The lowest BCUT2D eigenvalue weighted by Gasteiger charge is -2.20. The van der Waals surface area contributed by atoms with Gasteiger partial charge in [-0.05, 0) is 6.92 Å². The van der Waals surface area contributed by atoms with Crippen molar-refractivity contribution in [2.24, 2.45) is 0 Å². The van der Waals surface area contributed by atoms with E-state index >= 15 is 0 Å². The zero-order chi connectivity index (χ0) is 11.5. The van der Waals surface area contributed by atoms with Gasteiger partial charge in [-0.2, -0.15) is 0 Å². The van der Waals surface area contributed by atoms with Crippen molar-refractivity contribution < 1.29 is 4.79 Å². The lowest BCUT2D eigenvalue weighted by molar-refractivity contribution is -0.120. The van der Waals surface area contributed by atoms with E-state index in [1.807, 2.05) is 4.90 Å². The van der Waals surface area contributed by atoms with Crippen LogP contribution in [0.15, 0.2) is 6.07 Å². The van der Waals surface area contributed by atoms with Crippen LogP contribution >= 0.6 is 11.6 Å². The number of aromatic nitrogens is 2. The molecule has 1 aliphatic heterocycles. The smallest absolute Gasteiger partial charge is 0.221 e. The van der Waals surface area contributed by atoms with E-state index in [-0.39, 0.29) is 5.91 Å². The summed E-state index contributed by atoms with van der Waals surface area (Å²) in [7, 11) is 0. The van der Waals surface area contributed by atoms with E-state index in [2.05, 4.69) is 15.3 Å². The lowest BCUT2D eigenvalue weighted by atomic mass is 10.3. The quantitative estimate of drug-likeness (QED) is 0.737. The van der Waals surface area contributed by atoms with E-state index in [9.17, 15) is 4.79 Å². The van der Waals surface area contributed by atoms with E-state index < -0.39 is 0 Å². The number of anilines is 1.